The van der Waals surface area contributed by atoms with Gasteiger partial charge in [-0.25, -0.2) is 68.3 Å². The molecule has 718 valence electrons. The molecular weight excluding hydrogens is 1970 g/mol. The first kappa shape index (κ1) is 118. The number of nitrogens with zero attached hydrogens (tertiary/aromatic N) is 10. The second-order valence-electron chi connectivity index (χ2n) is 31.1. The molecule has 3 aliphatic rings. The first-order chi connectivity index (χ1) is 59.4. The number of likely N-dealkylation sites (N-methyl/N-ethyl adjacent to an activating group) is 2. The van der Waals surface area contributed by atoms with Gasteiger partial charge in [-0.1, -0.05) is 81.2 Å². The van der Waals surface area contributed by atoms with Gasteiger partial charge >= 0.3 is 59.7 Å². The number of halogens is 8. The van der Waals surface area contributed by atoms with E-state index in [9.17, 15) is 73.0 Å². The Morgan fingerprint density at radius 3 is 1.23 bits per heavy atom. The molecule has 0 radical (unpaired) electrons. The second-order valence-corrected chi connectivity index (χ2v) is 33.8. The van der Waals surface area contributed by atoms with Crippen LogP contribution in [0.25, 0.3) is 0 Å². The van der Waals surface area contributed by atoms with Crippen molar-refractivity contribution in [1.29, 1.82) is 0 Å². The number of hydrogen-bond acceptors (Lipinski definition) is 34. The number of fused-ring (bicyclic) bond motifs is 3. The molecule has 0 spiro atoms. The number of pyridine rings is 6. The fraction of sp³-hybridized carbons (Fsp3) is 0.453. The van der Waals surface area contributed by atoms with Crippen LogP contribution >= 0.6 is 93.6 Å². The Hall–Kier alpha value is -11.5. The molecule has 14 N–H and O–H groups in total. The molecule has 3 aliphatic heterocycles. The van der Waals surface area contributed by atoms with Gasteiger partial charge in [0, 0.05) is 70.0 Å². The van der Waals surface area contributed by atoms with Gasteiger partial charge in [0.2, 0.25) is 11.7 Å². The summed E-state index contributed by atoms with van der Waals surface area (Å²) in [5, 5.41) is 71.3. The minimum atomic E-state index is -1.48. The number of nitrogens with two attached hydrogens (primary N) is 2. The number of aliphatic hydroxyl groups is 1. The van der Waals surface area contributed by atoms with Crippen molar-refractivity contribution >= 4 is 194 Å². The van der Waals surface area contributed by atoms with Crippen LogP contribution in [0.15, 0.2) is 73.6 Å². The molecule has 8 amide bonds. The fourth-order valence-electron chi connectivity index (χ4n) is 8.94. The maximum absolute atomic E-state index is 12.4. The average molecular weight is 2060 g/mol. The van der Waals surface area contributed by atoms with Gasteiger partial charge < -0.3 is 121 Å². The SMILES string of the molecule is CC(C)(C)OC(=O)N[C@@H](CO)C(=O)O.CC(C)(C)OC(=O)N[C@@H](COc1cc(Cl)ncc1N)C(=O)O.CC(C)(C)OC(=O)N[C@@H](COc1cc(Cl)ncc1[N+](=O)[O-])C(=O)O.CC(C)(C)OC(=O)N[C@H]1COc2cc(Cl)ncc2NC1=O.CN1C(=O)[C@@H](N)COc2cc(Cl)ncc21.CN1C(=O)[C@@H](NC(=O)OC(C)(C)C)COc2cc(Cl)ncc21.Cl.O=[N+]([O-])c1cnc(Cl)cc1Cl.[Zn]. The van der Waals surface area contributed by atoms with E-state index in [1.165, 1.54) is 58.9 Å². The van der Waals surface area contributed by atoms with Gasteiger partial charge in [0.15, 0.2) is 18.1 Å². The average Bonchev–Trinajstić information content (AvgIpc) is 1.72. The van der Waals surface area contributed by atoms with E-state index in [4.69, 9.17) is 160 Å². The number of rotatable bonds is 17. The molecule has 9 rings (SSSR count). The van der Waals surface area contributed by atoms with E-state index in [1.54, 1.807) is 124 Å². The third-order valence-corrected chi connectivity index (χ3v) is 16.0. The zero-order chi connectivity index (χ0) is 98.3. The van der Waals surface area contributed by atoms with Crippen LogP contribution in [0.5, 0.6) is 28.7 Å². The molecule has 9 heterocycles. The van der Waals surface area contributed by atoms with E-state index < -0.39 is 147 Å². The zero-order valence-electron chi connectivity index (χ0n) is 73.0. The minimum Gasteiger partial charge on any atom is -0.489 e. The molecule has 6 aromatic rings. The van der Waals surface area contributed by atoms with E-state index >= 15 is 0 Å². The van der Waals surface area contributed by atoms with Crippen molar-refractivity contribution in [3.05, 3.63) is 130 Å². The standard InChI is InChI=1S/C14H18ClN3O4.C13H16ClN3O7.C13H18ClN3O5.C13H16ClN3O4.C9H10ClN3O2.C8H15NO5.C5H2Cl2N2O2.ClH.Zn/c1-14(2,3)22-13(20)17-8-7-21-10-5-11(15)16-6-9(10)18(4)12(8)19;1-13(2,3)24-12(20)16-7(11(18)19)6-23-9-4-10(14)15-5-8(9)17(21)22;1-13(2,3)22-12(20)17-8(11(18)19)6-21-9-4-10(14)16-5-7(9)15;1-13(2,3)21-12(19)17-8-6-20-9-4-10(14)15-5-7(9)16-11(8)18;1-13-6-3-12-8(10)2-7(6)15-4-5(11)9(13)14;1-8(2,3)14-7(13)9-5(4-10)6(11)12;6-3-1-5(7)8-2-4(3)9(10)11;;/h5-6,8H,7H2,1-4H3,(H,17,20);4-5,7H,6H2,1-3H3,(H,16,20)(H,18,19);4-5,8H,6,15H2,1-3H3,(H,17,20)(H,18,19);4-5,8H,6H2,1-3H3,(H,16,18)(H,17,19);2-3,5H,4,11H2,1H3;5,10H,4H2,1-3H3,(H,9,13)(H,11,12);1-2H;1H;/t8-;7-;2*8-;2*5-;;;/m000000.../s1. The molecule has 0 saturated carbocycles. The van der Waals surface area contributed by atoms with Crippen LogP contribution in [0.2, 0.25) is 35.9 Å². The van der Waals surface area contributed by atoms with Gasteiger partial charge in [-0.05, 0) is 104 Å². The Kier molecular flexibility index (Phi) is 47.7. The predicted octanol–water partition coefficient (Wildman–Crippen LogP) is 10.7. The molecular formula is C75H96Cl8N18O29Zn. The molecule has 131 heavy (non-hydrogen) atoms. The summed E-state index contributed by atoms with van der Waals surface area (Å²) in [4.78, 5) is 172. The number of amides is 8. The number of ether oxygens (including phenoxy) is 10. The van der Waals surface area contributed by atoms with Gasteiger partial charge in [0.05, 0.1) is 46.9 Å². The Labute approximate surface area is 802 Å². The first-order valence-corrected chi connectivity index (χ1v) is 39.8. The third-order valence-electron chi connectivity index (χ3n) is 14.5. The van der Waals surface area contributed by atoms with Crippen molar-refractivity contribution in [2.75, 3.05) is 74.6 Å². The number of aliphatic carboxylic acids is 3. The van der Waals surface area contributed by atoms with E-state index in [0.717, 1.165) is 18.5 Å². The molecule has 0 bridgehead atoms. The summed E-state index contributed by atoms with van der Waals surface area (Å²) in [5.74, 6) is -3.64. The van der Waals surface area contributed by atoms with Crippen LogP contribution in [-0.4, -0.2) is 244 Å². The van der Waals surface area contributed by atoms with Gasteiger partial charge in [-0.15, -0.1) is 12.4 Å². The van der Waals surface area contributed by atoms with Crippen LogP contribution in [0.4, 0.5) is 58.1 Å². The quantitative estimate of drug-likeness (QED) is 0.0133. The molecule has 0 saturated heterocycles. The Bertz CT molecular complexity index is 4990. The monoisotopic (exact) mass is 2060 g/mol. The summed E-state index contributed by atoms with van der Waals surface area (Å²) >= 11 is 39.5. The largest absolute Gasteiger partial charge is 0.489 e. The van der Waals surface area contributed by atoms with Crippen molar-refractivity contribution in [2.24, 2.45) is 5.73 Å². The molecule has 6 aromatic heterocycles. The van der Waals surface area contributed by atoms with Gasteiger partial charge in [-0.2, -0.15) is 0 Å². The fourth-order valence-corrected chi connectivity index (χ4v) is 10.1. The first-order valence-electron chi connectivity index (χ1n) is 37.1. The summed E-state index contributed by atoms with van der Waals surface area (Å²) in [7, 11) is 3.21. The van der Waals surface area contributed by atoms with Crippen molar-refractivity contribution < 1.29 is 150 Å². The molecule has 47 nitrogen and oxygen atoms in total. The molecule has 0 unspecified atom stereocenters. The number of carboxylic acid groups (broad SMARTS) is 3. The van der Waals surface area contributed by atoms with Crippen LogP contribution in [0.1, 0.15) is 104 Å². The number of carbonyl (C=O) groups is 11. The number of nitrogen functional groups attached to an aromatic ring is 1. The van der Waals surface area contributed by atoms with Crippen LogP contribution in [0.3, 0.4) is 0 Å². The van der Waals surface area contributed by atoms with Gasteiger partial charge in [-0.3, -0.25) is 34.6 Å². The summed E-state index contributed by atoms with van der Waals surface area (Å²) in [5.41, 5.74) is 8.65. The smallest absolute Gasteiger partial charge is 0.408 e. The van der Waals surface area contributed by atoms with Crippen LogP contribution in [-0.2, 0) is 71.9 Å². The summed E-state index contributed by atoms with van der Waals surface area (Å²) in [6.45, 7) is 23.7. The second kappa shape index (κ2) is 53.1. The topological polar surface area (TPSA) is 655 Å². The van der Waals surface area contributed by atoms with Crippen LogP contribution < -0.4 is 76.9 Å². The van der Waals surface area contributed by atoms with E-state index in [1.807, 2.05) is 5.32 Å². The van der Waals surface area contributed by atoms with Crippen molar-refractivity contribution in [2.45, 2.75) is 168 Å². The maximum Gasteiger partial charge on any atom is 0.408 e. The molecule has 6 atom stereocenters. The number of nitrogens with one attached hydrogen (secondary N) is 6. The predicted molar refractivity (Wildman–Crippen MR) is 472 cm³/mol. The van der Waals surface area contributed by atoms with Crippen molar-refractivity contribution in [3.63, 3.8) is 0 Å². The molecule has 0 aliphatic carbocycles. The summed E-state index contributed by atoms with van der Waals surface area (Å²) in [6, 6.07) is 1.74. The summed E-state index contributed by atoms with van der Waals surface area (Å²) in [6.07, 6.45) is 3.49. The number of anilines is 4. The molecule has 56 heteroatoms. The van der Waals surface area contributed by atoms with Gasteiger partial charge in [0.25, 0.3) is 11.8 Å². The van der Waals surface area contributed by atoms with Crippen molar-refractivity contribution in [3.8, 4) is 28.7 Å². The summed E-state index contributed by atoms with van der Waals surface area (Å²) < 4.78 is 51.8. The van der Waals surface area contributed by atoms with Crippen LogP contribution in [0, 0.1) is 20.2 Å². The number of carboxylic acids is 3. The number of nitro groups is 2. The van der Waals surface area contributed by atoms with E-state index in [0.29, 0.717) is 39.5 Å². The Balaban J connectivity index is 0.000000771. The molecule has 0 aromatic carbocycles. The number of aliphatic hydroxyl groups excluding tert-OH is 1. The molecule has 0 fully saturated rings. The normalized spacial score (nSPS) is 14.8. The Morgan fingerprint density at radius 2 is 0.817 bits per heavy atom. The van der Waals surface area contributed by atoms with Crippen molar-refractivity contribution in [1.82, 2.24) is 56.5 Å². The van der Waals surface area contributed by atoms with E-state index in [2.05, 4.69) is 56.5 Å². The van der Waals surface area contributed by atoms with Gasteiger partial charge in [0.1, 0.15) is 168 Å². The number of alkyl carbamates (subject to hydrolysis) is 5. The zero-order valence-corrected chi connectivity index (χ0v) is 82.1. The Morgan fingerprint density at radius 1 is 0.489 bits per heavy atom. The number of hydrogen-bond donors (Lipinski definition) is 12. The number of aromatic nitrogens is 6. The minimum absolute atomic E-state index is 0. The number of carbonyl (C=O) groups excluding carboxylic acids is 8. The maximum atomic E-state index is 12.4. The van der Waals surface area contributed by atoms with E-state index in [-0.39, 0.29) is 124 Å². The third kappa shape index (κ3) is 44.3.